The maximum Gasteiger partial charge on any atom is 0.416 e. The molecule has 0 saturated carbocycles. The van der Waals surface area contributed by atoms with Gasteiger partial charge in [-0.1, -0.05) is 78.9 Å². The van der Waals surface area contributed by atoms with Crippen molar-refractivity contribution in [3.05, 3.63) is 107 Å². The van der Waals surface area contributed by atoms with Gasteiger partial charge in [-0.05, 0) is 42.0 Å². The van der Waals surface area contributed by atoms with Gasteiger partial charge in [0, 0.05) is 19.6 Å². The number of hydrogen-bond donors (Lipinski definition) is 1. The molecule has 3 aromatic carbocycles. The first kappa shape index (κ1) is 26.0. The lowest BCUT2D eigenvalue weighted by Gasteiger charge is -2.44. The molecule has 0 bridgehead atoms. The Morgan fingerprint density at radius 3 is 2.16 bits per heavy atom. The van der Waals surface area contributed by atoms with Gasteiger partial charge in [-0.25, -0.2) is 0 Å². The van der Waals surface area contributed by atoms with Gasteiger partial charge in [0.2, 0.25) is 11.8 Å². The van der Waals surface area contributed by atoms with E-state index in [4.69, 9.17) is 0 Å². The lowest BCUT2D eigenvalue weighted by Crippen LogP contribution is -2.60. The number of hydrogen-bond acceptors (Lipinski definition) is 3. The van der Waals surface area contributed by atoms with Gasteiger partial charge in [0.05, 0.1) is 23.7 Å². The van der Waals surface area contributed by atoms with Gasteiger partial charge in [-0.2, -0.15) is 13.2 Å². The van der Waals surface area contributed by atoms with E-state index in [-0.39, 0.29) is 24.5 Å². The summed E-state index contributed by atoms with van der Waals surface area (Å²) in [5.41, 5.74) is 0.827. The van der Waals surface area contributed by atoms with E-state index in [9.17, 15) is 22.8 Å². The molecule has 198 valence electrons. The van der Waals surface area contributed by atoms with Crippen LogP contribution in [0.25, 0.3) is 0 Å². The van der Waals surface area contributed by atoms with E-state index in [1.807, 2.05) is 65.6 Å². The van der Waals surface area contributed by atoms with E-state index >= 15 is 0 Å². The average Bonchev–Trinajstić information content (AvgIpc) is 2.92. The first-order valence-electron chi connectivity index (χ1n) is 12.9. The molecule has 5 rings (SSSR count). The Morgan fingerprint density at radius 1 is 0.921 bits per heavy atom. The predicted octanol–water partition coefficient (Wildman–Crippen LogP) is 4.96. The van der Waals surface area contributed by atoms with Crippen LogP contribution in [-0.4, -0.2) is 47.4 Å². The topological polar surface area (TPSA) is 52.7 Å². The van der Waals surface area contributed by atoms with Crippen molar-refractivity contribution in [3.63, 3.8) is 0 Å². The monoisotopic (exact) mass is 521 g/mol. The lowest BCUT2D eigenvalue weighted by molar-refractivity contribution is -0.143. The molecule has 0 radical (unpaired) electrons. The molecule has 2 aliphatic rings. The normalized spacial score (nSPS) is 19.6. The third-order valence-electron chi connectivity index (χ3n) is 7.60. The van der Waals surface area contributed by atoms with Gasteiger partial charge >= 0.3 is 6.18 Å². The third kappa shape index (κ3) is 5.18. The van der Waals surface area contributed by atoms with Crippen molar-refractivity contribution >= 4 is 11.8 Å². The molecule has 3 aromatic rings. The summed E-state index contributed by atoms with van der Waals surface area (Å²) < 4.78 is 39.2. The third-order valence-corrected chi connectivity index (χ3v) is 7.60. The average molecular weight is 522 g/mol. The fraction of sp³-hybridized carbons (Fsp3) is 0.333. The maximum absolute atomic E-state index is 14.0. The molecule has 2 amide bonds. The minimum absolute atomic E-state index is 0.0614. The highest BCUT2D eigenvalue weighted by atomic mass is 19.4. The number of nitrogens with one attached hydrogen (secondary N) is 1. The van der Waals surface area contributed by atoms with Gasteiger partial charge in [-0.15, -0.1) is 0 Å². The van der Waals surface area contributed by atoms with Gasteiger partial charge in [0.25, 0.3) is 0 Å². The number of halogens is 3. The highest BCUT2D eigenvalue weighted by molar-refractivity contribution is 5.95. The number of benzene rings is 3. The first-order valence-corrected chi connectivity index (χ1v) is 12.9. The van der Waals surface area contributed by atoms with Crippen LogP contribution in [0, 0.1) is 0 Å². The van der Waals surface area contributed by atoms with E-state index in [0.29, 0.717) is 38.0 Å². The van der Waals surface area contributed by atoms with Crippen LogP contribution < -0.4 is 5.32 Å². The predicted molar refractivity (Wildman–Crippen MR) is 138 cm³/mol. The Hall–Kier alpha value is -3.65. The van der Waals surface area contributed by atoms with Crippen molar-refractivity contribution in [1.29, 1.82) is 0 Å². The molecule has 0 spiro atoms. The number of alkyl halides is 3. The van der Waals surface area contributed by atoms with Crippen molar-refractivity contribution in [2.75, 3.05) is 19.6 Å². The number of rotatable bonds is 7. The molecule has 5 nitrogen and oxygen atoms in total. The molecular formula is C30H30F3N3O2. The Kier molecular flexibility index (Phi) is 7.25. The van der Waals surface area contributed by atoms with Gasteiger partial charge in [0.1, 0.15) is 0 Å². The summed E-state index contributed by atoms with van der Waals surface area (Å²) in [5, 5.41) is 2.98. The second-order valence-electron chi connectivity index (χ2n) is 10.0. The van der Waals surface area contributed by atoms with E-state index < -0.39 is 17.2 Å². The molecule has 1 unspecified atom stereocenters. The fourth-order valence-electron chi connectivity index (χ4n) is 5.59. The number of amides is 2. The molecule has 38 heavy (non-hydrogen) atoms. The number of piperidine rings is 1. The zero-order valence-electron chi connectivity index (χ0n) is 21.0. The smallest absolute Gasteiger partial charge is 0.339 e. The van der Waals surface area contributed by atoms with Crippen molar-refractivity contribution in [2.45, 2.75) is 43.6 Å². The molecule has 1 atom stereocenters. The van der Waals surface area contributed by atoms with Crippen LogP contribution in [0.5, 0.6) is 0 Å². The van der Waals surface area contributed by atoms with Crippen LogP contribution in [0.2, 0.25) is 0 Å². The molecule has 0 aliphatic carbocycles. The first-order chi connectivity index (χ1) is 18.3. The lowest BCUT2D eigenvalue weighted by atomic mass is 9.68. The number of nitrogens with zero attached hydrogens (tertiary/aromatic N) is 2. The van der Waals surface area contributed by atoms with Crippen molar-refractivity contribution < 1.29 is 22.8 Å². The Bertz CT molecular complexity index is 1240. The van der Waals surface area contributed by atoms with Crippen LogP contribution in [0.4, 0.5) is 13.2 Å². The summed E-state index contributed by atoms with van der Waals surface area (Å²) in [6.45, 7) is 1.41. The summed E-state index contributed by atoms with van der Waals surface area (Å²) in [4.78, 5) is 30.6. The molecule has 2 fully saturated rings. The molecule has 2 saturated heterocycles. The Morgan fingerprint density at radius 2 is 1.58 bits per heavy atom. The van der Waals surface area contributed by atoms with Crippen LogP contribution in [0.1, 0.15) is 41.5 Å². The Labute approximate surface area is 220 Å². The van der Waals surface area contributed by atoms with Crippen molar-refractivity contribution in [2.24, 2.45) is 0 Å². The number of carbonyl (C=O) groups is 2. The van der Waals surface area contributed by atoms with Gasteiger partial charge < -0.3 is 10.2 Å². The van der Waals surface area contributed by atoms with Gasteiger partial charge in [-0.3, -0.25) is 14.5 Å². The molecule has 2 aliphatic heterocycles. The minimum Gasteiger partial charge on any atom is -0.339 e. The molecule has 1 N–H and O–H groups in total. The highest BCUT2D eigenvalue weighted by Gasteiger charge is 2.47. The van der Waals surface area contributed by atoms with Crippen LogP contribution >= 0.6 is 0 Å². The fourth-order valence-corrected chi connectivity index (χ4v) is 5.59. The quantitative estimate of drug-likeness (QED) is 0.478. The molecular weight excluding hydrogens is 491 g/mol. The summed E-state index contributed by atoms with van der Waals surface area (Å²) in [6, 6.07) is 24.7. The van der Waals surface area contributed by atoms with Crippen LogP contribution in [0.3, 0.4) is 0 Å². The zero-order valence-corrected chi connectivity index (χ0v) is 21.0. The number of carbonyl (C=O) groups excluding carboxylic acids is 2. The minimum atomic E-state index is -4.39. The van der Waals surface area contributed by atoms with E-state index in [1.165, 1.54) is 6.07 Å². The molecule has 8 heteroatoms. The summed E-state index contributed by atoms with van der Waals surface area (Å²) in [6.07, 6.45) is -2.55. The highest BCUT2D eigenvalue weighted by Crippen LogP contribution is 2.41. The van der Waals surface area contributed by atoms with Crippen molar-refractivity contribution in [3.8, 4) is 0 Å². The SMILES string of the molecule is O=C(CN1CCCC(c2ccccc2)(c2ccccc2)C1=O)NC1CCN1Cc1cccc(C(F)(F)F)c1. The van der Waals surface area contributed by atoms with Crippen LogP contribution in [0.15, 0.2) is 84.9 Å². The summed E-state index contributed by atoms with van der Waals surface area (Å²) in [5.74, 6) is -0.361. The maximum atomic E-state index is 14.0. The second kappa shape index (κ2) is 10.6. The zero-order chi connectivity index (χ0) is 26.8. The van der Waals surface area contributed by atoms with Crippen molar-refractivity contribution in [1.82, 2.24) is 15.1 Å². The molecule has 0 aromatic heterocycles. The second-order valence-corrected chi connectivity index (χ2v) is 10.0. The Balaban J connectivity index is 1.27. The standard InChI is InChI=1S/C30H30F3N3O2/c31-30(32,33)25-14-7-9-22(19-25)20-35-18-15-26(35)34-27(37)21-36-17-8-16-29(28(36)38,23-10-3-1-4-11-23)24-12-5-2-6-13-24/h1-7,9-14,19,26H,8,15-18,20-21H2,(H,34,37). The summed E-state index contributed by atoms with van der Waals surface area (Å²) >= 11 is 0. The van der Waals surface area contributed by atoms with E-state index in [2.05, 4.69) is 5.32 Å². The van der Waals surface area contributed by atoms with E-state index in [0.717, 1.165) is 29.7 Å². The number of likely N-dealkylation sites (tertiary alicyclic amines) is 2. The molecule has 2 heterocycles. The van der Waals surface area contributed by atoms with Gasteiger partial charge in [0.15, 0.2) is 0 Å². The van der Waals surface area contributed by atoms with E-state index in [1.54, 1.807) is 11.0 Å². The summed E-state index contributed by atoms with van der Waals surface area (Å²) in [7, 11) is 0. The van der Waals surface area contributed by atoms with Crippen LogP contribution in [-0.2, 0) is 27.7 Å². The largest absolute Gasteiger partial charge is 0.416 e.